The molecule has 1 N–H and O–H groups in total. The highest BCUT2D eigenvalue weighted by atomic mass is 16.6. The lowest BCUT2D eigenvalue weighted by molar-refractivity contribution is -0.384. The Kier molecular flexibility index (Phi) is 4.97. The van der Waals surface area contributed by atoms with Crippen molar-refractivity contribution in [1.82, 2.24) is 0 Å². The number of nitrogens with one attached hydrogen (secondary N) is 1. The molecule has 0 unspecified atom stereocenters. The molecule has 1 fully saturated rings. The Morgan fingerprint density at radius 1 is 1.16 bits per heavy atom. The Labute approximate surface area is 146 Å². The third-order valence-corrected chi connectivity index (χ3v) is 4.59. The van der Waals surface area contributed by atoms with Gasteiger partial charge in [-0.1, -0.05) is 25.1 Å². The summed E-state index contributed by atoms with van der Waals surface area (Å²) in [5.41, 5.74) is 1.68. The summed E-state index contributed by atoms with van der Waals surface area (Å²) in [5, 5.41) is 13.9. The van der Waals surface area contributed by atoms with Crippen LogP contribution in [0.4, 0.5) is 17.1 Å². The van der Waals surface area contributed by atoms with Gasteiger partial charge in [0.15, 0.2) is 0 Å². The van der Waals surface area contributed by atoms with E-state index in [9.17, 15) is 14.9 Å². The Morgan fingerprint density at radius 2 is 1.84 bits per heavy atom. The van der Waals surface area contributed by atoms with Crippen molar-refractivity contribution in [3.8, 4) is 0 Å². The normalized spacial score (nSPS) is 15.0. The van der Waals surface area contributed by atoms with Gasteiger partial charge >= 0.3 is 0 Å². The molecule has 0 spiro atoms. The number of hydrogen-bond donors (Lipinski definition) is 1. The molecular weight excluding hydrogens is 318 g/mol. The van der Waals surface area contributed by atoms with E-state index >= 15 is 0 Å². The first kappa shape index (κ1) is 17.0. The van der Waals surface area contributed by atoms with Gasteiger partial charge in [-0.05, 0) is 37.0 Å². The Balaban J connectivity index is 1.92. The van der Waals surface area contributed by atoms with Crippen molar-refractivity contribution in [3.05, 3.63) is 64.2 Å². The summed E-state index contributed by atoms with van der Waals surface area (Å²) in [6.45, 7) is 3.92. The zero-order valence-corrected chi connectivity index (χ0v) is 14.1. The fourth-order valence-corrected chi connectivity index (χ4v) is 3.06. The maximum atomic E-state index is 12.8. The zero-order valence-electron chi connectivity index (χ0n) is 14.1. The number of para-hydroxylation sites is 1. The van der Waals surface area contributed by atoms with Crippen LogP contribution in [0.5, 0.6) is 0 Å². The molecular formula is C19H21N3O3. The number of anilines is 2. The van der Waals surface area contributed by atoms with Crippen molar-refractivity contribution < 1.29 is 9.72 Å². The Bertz CT molecular complexity index is 769. The third kappa shape index (κ3) is 3.96. The van der Waals surface area contributed by atoms with Crippen LogP contribution >= 0.6 is 0 Å². The molecule has 0 aromatic heterocycles. The number of amides is 1. The average Bonchev–Trinajstić information content (AvgIpc) is 2.62. The number of piperidine rings is 1. The van der Waals surface area contributed by atoms with Crippen LogP contribution in [-0.4, -0.2) is 23.9 Å². The summed E-state index contributed by atoms with van der Waals surface area (Å²) in [7, 11) is 0. The molecule has 6 heteroatoms. The number of carbonyl (C=O) groups excluding carboxylic acids is 1. The molecule has 6 nitrogen and oxygen atoms in total. The lowest BCUT2D eigenvalue weighted by Gasteiger charge is -2.33. The largest absolute Gasteiger partial charge is 0.371 e. The van der Waals surface area contributed by atoms with Gasteiger partial charge in [0.2, 0.25) is 0 Å². The summed E-state index contributed by atoms with van der Waals surface area (Å²) in [6.07, 6.45) is 2.10. The molecule has 3 rings (SSSR count). The summed E-state index contributed by atoms with van der Waals surface area (Å²) in [4.78, 5) is 25.6. The Morgan fingerprint density at radius 3 is 2.48 bits per heavy atom. The summed E-state index contributed by atoms with van der Waals surface area (Å²) in [6, 6.07) is 13.6. The van der Waals surface area contributed by atoms with Crippen molar-refractivity contribution in [2.75, 3.05) is 23.3 Å². The first-order valence-electron chi connectivity index (χ1n) is 8.44. The SMILES string of the molecule is CC1CCN(c2ccc([N+](=O)[O-])cc2C(=O)Nc2ccccc2)CC1. The number of rotatable bonds is 4. The van der Waals surface area contributed by atoms with Crippen molar-refractivity contribution in [3.63, 3.8) is 0 Å². The van der Waals surface area contributed by atoms with E-state index in [1.54, 1.807) is 18.2 Å². The van der Waals surface area contributed by atoms with Crippen molar-refractivity contribution in [1.29, 1.82) is 0 Å². The van der Waals surface area contributed by atoms with E-state index in [1.807, 2.05) is 18.2 Å². The molecule has 0 bridgehead atoms. The monoisotopic (exact) mass is 339 g/mol. The topological polar surface area (TPSA) is 75.5 Å². The molecule has 0 radical (unpaired) electrons. The Hall–Kier alpha value is -2.89. The van der Waals surface area contributed by atoms with Gasteiger partial charge in [-0.2, -0.15) is 0 Å². The van der Waals surface area contributed by atoms with E-state index in [-0.39, 0.29) is 11.6 Å². The van der Waals surface area contributed by atoms with E-state index in [0.717, 1.165) is 31.6 Å². The van der Waals surface area contributed by atoms with E-state index in [1.165, 1.54) is 12.1 Å². The van der Waals surface area contributed by atoms with Crippen LogP contribution in [0.25, 0.3) is 0 Å². The zero-order chi connectivity index (χ0) is 17.8. The molecule has 0 aliphatic carbocycles. The van der Waals surface area contributed by atoms with Crippen LogP contribution in [0.2, 0.25) is 0 Å². The fourth-order valence-electron chi connectivity index (χ4n) is 3.06. The van der Waals surface area contributed by atoms with Gasteiger partial charge < -0.3 is 10.2 Å². The first-order valence-corrected chi connectivity index (χ1v) is 8.44. The predicted octanol–water partition coefficient (Wildman–Crippen LogP) is 4.08. The molecule has 2 aromatic rings. The van der Waals surface area contributed by atoms with Gasteiger partial charge in [0.05, 0.1) is 16.2 Å². The van der Waals surface area contributed by atoms with E-state index in [0.29, 0.717) is 17.2 Å². The van der Waals surface area contributed by atoms with E-state index in [4.69, 9.17) is 0 Å². The summed E-state index contributed by atoms with van der Waals surface area (Å²) >= 11 is 0. The van der Waals surface area contributed by atoms with Gasteiger partial charge in [0.25, 0.3) is 11.6 Å². The van der Waals surface area contributed by atoms with Crippen molar-refractivity contribution in [2.24, 2.45) is 5.92 Å². The minimum atomic E-state index is -0.471. The number of nitro benzene ring substituents is 1. The van der Waals surface area contributed by atoms with Crippen molar-refractivity contribution >= 4 is 23.0 Å². The second-order valence-electron chi connectivity index (χ2n) is 6.45. The van der Waals surface area contributed by atoms with Gasteiger partial charge in [-0.15, -0.1) is 0 Å². The second kappa shape index (κ2) is 7.34. The van der Waals surface area contributed by atoms with Crippen LogP contribution in [0.15, 0.2) is 48.5 Å². The number of hydrogen-bond acceptors (Lipinski definition) is 4. The highest BCUT2D eigenvalue weighted by Crippen LogP contribution is 2.30. The molecule has 1 heterocycles. The van der Waals surface area contributed by atoms with E-state index in [2.05, 4.69) is 17.1 Å². The minimum Gasteiger partial charge on any atom is -0.371 e. The van der Waals surface area contributed by atoms with E-state index < -0.39 is 4.92 Å². The second-order valence-corrected chi connectivity index (χ2v) is 6.45. The highest BCUT2D eigenvalue weighted by Gasteiger charge is 2.23. The highest BCUT2D eigenvalue weighted by molar-refractivity contribution is 6.08. The summed E-state index contributed by atoms with van der Waals surface area (Å²) in [5.74, 6) is 0.333. The smallest absolute Gasteiger partial charge is 0.270 e. The van der Waals surface area contributed by atoms with Crippen LogP contribution in [-0.2, 0) is 0 Å². The lowest BCUT2D eigenvalue weighted by Crippen LogP contribution is -2.34. The number of benzene rings is 2. The quantitative estimate of drug-likeness (QED) is 0.672. The van der Waals surface area contributed by atoms with Gasteiger partial charge in [0.1, 0.15) is 0 Å². The maximum absolute atomic E-state index is 12.8. The molecule has 1 aliphatic heterocycles. The number of non-ortho nitro benzene ring substituents is 1. The fraction of sp³-hybridized carbons (Fsp3) is 0.316. The van der Waals surface area contributed by atoms with Gasteiger partial charge in [0, 0.05) is 30.9 Å². The molecule has 2 aromatic carbocycles. The standard InChI is InChI=1S/C19H21N3O3/c1-14-9-11-21(12-10-14)18-8-7-16(22(24)25)13-17(18)19(23)20-15-5-3-2-4-6-15/h2-8,13-14H,9-12H2,1H3,(H,20,23). The lowest BCUT2D eigenvalue weighted by atomic mass is 9.98. The average molecular weight is 339 g/mol. The molecule has 0 saturated carbocycles. The van der Waals surface area contributed by atoms with Crippen molar-refractivity contribution in [2.45, 2.75) is 19.8 Å². The van der Waals surface area contributed by atoms with Gasteiger partial charge in [-0.25, -0.2) is 0 Å². The minimum absolute atomic E-state index is 0.0765. The van der Waals surface area contributed by atoms with Gasteiger partial charge in [-0.3, -0.25) is 14.9 Å². The molecule has 1 saturated heterocycles. The van der Waals surface area contributed by atoms with Crippen LogP contribution in [0.3, 0.4) is 0 Å². The third-order valence-electron chi connectivity index (χ3n) is 4.59. The molecule has 1 aliphatic rings. The number of carbonyl (C=O) groups is 1. The van der Waals surface area contributed by atoms with Crippen LogP contribution < -0.4 is 10.2 Å². The van der Waals surface area contributed by atoms with Crippen LogP contribution in [0, 0.1) is 16.0 Å². The number of nitro groups is 1. The molecule has 1 amide bonds. The maximum Gasteiger partial charge on any atom is 0.270 e. The summed E-state index contributed by atoms with van der Waals surface area (Å²) < 4.78 is 0. The molecule has 130 valence electrons. The van der Waals surface area contributed by atoms with Crippen LogP contribution in [0.1, 0.15) is 30.1 Å². The molecule has 25 heavy (non-hydrogen) atoms. The first-order chi connectivity index (χ1) is 12.0. The number of nitrogens with zero attached hydrogens (tertiary/aromatic N) is 2. The predicted molar refractivity (Wildman–Crippen MR) is 98.1 cm³/mol. The molecule has 0 atom stereocenters.